The van der Waals surface area contributed by atoms with Crippen LogP contribution in [0.3, 0.4) is 0 Å². The zero-order valence-corrected chi connectivity index (χ0v) is 13.6. The van der Waals surface area contributed by atoms with E-state index < -0.39 is 27.5 Å². The normalized spacial score (nSPS) is 26.8. The molecule has 1 fully saturated rings. The van der Waals surface area contributed by atoms with Crippen LogP contribution in [0.2, 0.25) is 0 Å². The number of nitrogens with zero attached hydrogens (tertiary/aromatic N) is 1. The number of ether oxygens (including phenoxy) is 1. The summed E-state index contributed by atoms with van der Waals surface area (Å²) >= 11 is 0. The van der Waals surface area contributed by atoms with Crippen LogP contribution in [-0.4, -0.2) is 48.4 Å². The SMILES string of the molecule is CCCS(=O)(=O)N1CC[C@H](Oc2cccc(F)c2)[C@@](C)(O)C1. The lowest BCUT2D eigenvalue weighted by molar-refractivity contribution is -0.0815. The maximum atomic E-state index is 13.2. The summed E-state index contributed by atoms with van der Waals surface area (Å²) in [5.41, 5.74) is -1.33. The van der Waals surface area contributed by atoms with E-state index in [1.54, 1.807) is 19.9 Å². The topological polar surface area (TPSA) is 66.8 Å². The van der Waals surface area contributed by atoms with Gasteiger partial charge in [0.1, 0.15) is 23.3 Å². The van der Waals surface area contributed by atoms with Crippen molar-refractivity contribution in [2.45, 2.75) is 38.4 Å². The maximum Gasteiger partial charge on any atom is 0.214 e. The van der Waals surface area contributed by atoms with Gasteiger partial charge < -0.3 is 9.84 Å². The second kappa shape index (κ2) is 6.52. The van der Waals surface area contributed by atoms with Gasteiger partial charge in [-0.15, -0.1) is 0 Å². The van der Waals surface area contributed by atoms with E-state index in [-0.39, 0.29) is 12.3 Å². The van der Waals surface area contributed by atoms with E-state index in [1.165, 1.54) is 22.5 Å². The van der Waals surface area contributed by atoms with Gasteiger partial charge in [-0.3, -0.25) is 0 Å². The molecule has 0 aromatic heterocycles. The second-order valence-corrected chi connectivity index (χ2v) is 7.95. The third-order valence-electron chi connectivity index (χ3n) is 3.76. The van der Waals surface area contributed by atoms with Gasteiger partial charge in [0.05, 0.1) is 5.75 Å². The Hall–Kier alpha value is -1.18. The van der Waals surface area contributed by atoms with Crippen molar-refractivity contribution in [2.75, 3.05) is 18.8 Å². The monoisotopic (exact) mass is 331 g/mol. The van der Waals surface area contributed by atoms with Gasteiger partial charge in [-0.25, -0.2) is 12.8 Å². The molecule has 1 aromatic rings. The van der Waals surface area contributed by atoms with E-state index in [2.05, 4.69) is 0 Å². The fourth-order valence-electron chi connectivity index (χ4n) is 2.63. The molecular weight excluding hydrogens is 309 g/mol. The highest BCUT2D eigenvalue weighted by molar-refractivity contribution is 7.89. The molecule has 2 rings (SSSR count). The first-order valence-electron chi connectivity index (χ1n) is 7.37. The van der Waals surface area contributed by atoms with E-state index in [4.69, 9.17) is 4.74 Å². The van der Waals surface area contributed by atoms with Gasteiger partial charge in [0, 0.05) is 25.6 Å². The van der Waals surface area contributed by atoms with Gasteiger partial charge in [0.25, 0.3) is 0 Å². The lowest BCUT2D eigenvalue weighted by atomic mass is 9.93. The molecule has 1 N–H and O–H groups in total. The summed E-state index contributed by atoms with van der Waals surface area (Å²) in [4.78, 5) is 0. The maximum absolute atomic E-state index is 13.2. The van der Waals surface area contributed by atoms with Gasteiger partial charge >= 0.3 is 0 Å². The van der Waals surface area contributed by atoms with E-state index in [1.807, 2.05) is 0 Å². The number of halogens is 1. The molecule has 1 saturated heterocycles. The molecular formula is C15H22FNO4S. The largest absolute Gasteiger partial charge is 0.487 e. The van der Waals surface area contributed by atoms with Gasteiger partial charge in [-0.05, 0) is 25.5 Å². The molecule has 0 saturated carbocycles. The molecule has 124 valence electrons. The number of hydrogen-bond acceptors (Lipinski definition) is 4. The van der Waals surface area contributed by atoms with Crippen molar-refractivity contribution in [3.63, 3.8) is 0 Å². The molecule has 22 heavy (non-hydrogen) atoms. The van der Waals surface area contributed by atoms with Crippen LogP contribution >= 0.6 is 0 Å². The molecule has 0 amide bonds. The molecule has 0 spiro atoms. The van der Waals surface area contributed by atoms with Gasteiger partial charge in [-0.1, -0.05) is 13.0 Å². The molecule has 1 aliphatic heterocycles. The highest BCUT2D eigenvalue weighted by Gasteiger charge is 2.43. The summed E-state index contributed by atoms with van der Waals surface area (Å²) in [5.74, 6) is -0.0198. The Morgan fingerprint density at radius 1 is 1.50 bits per heavy atom. The Morgan fingerprint density at radius 3 is 2.82 bits per heavy atom. The van der Waals surface area contributed by atoms with E-state index in [0.717, 1.165) is 0 Å². The van der Waals surface area contributed by atoms with Crippen molar-refractivity contribution < 1.29 is 22.7 Å². The zero-order valence-electron chi connectivity index (χ0n) is 12.8. The lowest BCUT2D eigenvalue weighted by Gasteiger charge is -2.41. The quantitative estimate of drug-likeness (QED) is 0.893. The van der Waals surface area contributed by atoms with Crippen molar-refractivity contribution >= 4 is 10.0 Å². The Bertz CT molecular complexity index is 618. The number of sulfonamides is 1. The molecule has 7 heteroatoms. The standard InChI is InChI=1S/C15H22FNO4S/c1-3-9-22(19,20)17-8-7-14(15(2,18)11-17)21-13-6-4-5-12(16)10-13/h4-6,10,14,18H,3,7-9,11H2,1-2H3/t14-,15-/m0/s1. The van der Waals surface area contributed by atoms with Crippen LogP contribution in [0.25, 0.3) is 0 Å². The summed E-state index contributed by atoms with van der Waals surface area (Å²) in [6.07, 6.45) is 0.304. The summed E-state index contributed by atoms with van der Waals surface area (Å²) in [6, 6.07) is 5.70. The first-order chi connectivity index (χ1) is 10.2. The van der Waals surface area contributed by atoms with Crippen molar-refractivity contribution in [3.8, 4) is 5.75 Å². The minimum Gasteiger partial charge on any atom is -0.487 e. The molecule has 0 aliphatic carbocycles. The third kappa shape index (κ3) is 3.97. The first kappa shape index (κ1) is 17.2. The minimum absolute atomic E-state index is 0.0185. The molecule has 1 aromatic carbocycles. The summed E-state index contributed by atoms with van der Waals surface area (Å²) < 4.78 is 44.4. The van der Waals surface area contributed by atoms with Crippen LogP contribution in [0.5, 0.6) is 5.75 Å². The highest BCUT2D eigenvalue weighted by atomic mass is 32.2. The molecule has 2 atom stereocenters. The number of hydrogen-bond donors (Lipinski definition) is 1. The van der Waals surface area contributed by atoms with Crippen molar-refractivity contribution in [1.29, 1.82) is 0 Å². The minimum atomic E-state index is -3.35. The van der Waals surface area contributed by atoms with E-state index in [0.29, 0.717) is 25.1 Å². The zero-order chi connectivity index (χ0) is 16.4. The average molecular weight is 331 g/mol. The van der Waals surface area contributed by atoms with Crippen LogP contribution in [0.1, 0.15) is 26.7 Å². The summed E-state index contributed by atoms with van der Waals surface area (Å²) in [6.45, 7) is 3.62. The van der Waals surface area contributed by atoms with Crippen LogP contribution in [0, 0.1) is 5.82 Å². The van der Waals surface area contributed by atoms with Crippen LogP contribution < -0.4 is 4.74 Å². The summed E-state index contributed by atoms with van der Waals surface area (Å²) in [5, 5.41) is 10.5. The number of β-amino-alcohol motifs (C(OH)–C–C–N with tert-alkyl or cyclic N) is 1. The molecule has 1 aliphatic rings. The molecule has 5 nitrogen and oxygen atoms in total. The predicted octanol–water partition coefficient (Wildman–Crippen LogP) is 1.77. The molecule has 1 heterocycles. The van der Waals surface area contributed by atoms with Crippen molar-refractivity contribution in [1.82, 2.24) is 4.31 Å². The Balaban J connectivity index is 2.08. The fourth-order valence-corrected chi connectivity index (χ4v) is 4.24. The van der Waals surface area contributed by atoms with Gasteiger partial charge in [0.2, 0.25) is 10.0 Å². The van der Waals surface area contributed by atoms with Crippen LogP contribution in [-0.2, 0) is 10.0 Å². The smallest absolute Gasteiger partial charge is 0.214 e. The molecule has 0 bridgehead atoms. The molecule has 0 unspecified atom stereocenters. The second-order valence-electron chi connectivity index (χ2n) is 5.86. The first-order valence-corrected chi connectivity index (χ1v) is 8.98. The number of piperidine rings is 1. The average Bonchev–Trinajstić information content (AvgIpc) is 2.40. The van der Waals surface area contributed by atoms with Crippen molar-refractivity contribution in [3.05, 3.63) is 30.1 Å². The van der Waals surface area contributed by atoms with E-state index >= 15 is 0 Å². The summed E-state index contributed by atoms with van der Waals surface area (Å²) in [7, 11) is -3.35. The third-order valence-corrected chi connectivity index (χ3v) is 5.78. The molecule has 0 radical (unpaired) electrons. The van der Waals surface area contributed by atoms with Crippen LogP contribution in [0.15, 0.2) is 24.3 Å². The predicted molar refractivity (Wildman–Crippen MR) is 81.7 cm³/mol. The lowest BCUT2D eigenvalue weighted by Crippen LogP contribution is -2.58. The Labute approximate surface area is 130 Å². The number of benzene rings is 1. The number of rotatable bonds is 5. The van der Waals surface area contributed by atoms with Gasteiger partial charge in [-0.2, -0.15) is 4.31 Å². The highest BCUT2D eigenvalue weighted by Crippen LogP contribution is 2.28. The Morgan fingerprint density at radius 2 is 2.23 bits per heavy atom. The van der Waals surface area contributed by atoms with E-state index in [9.17, 15) is 17.9 Å². The number of aliphatic hydroxyl groups is 1. The fraction of sp³-hybridized carbons (Fsp3) is 0.600. The van der Waals surface area contributed by atoms with Gasteiger partial charge in [0.15, 0.2) is 0 Å². The van der Waals surface area contributed by atoms with Crippen molar-refractivity contribution in [2.24, 2.45) is 0 Å². The van der Waals surface area contributed by atoms with Crippen LogP contribution in [0.4, 0.5) is 4.39 Å². The Kier molecular flexibility index (Phi) is 5.09.